The van der Waals surface area contributed by atoms with Gasteiger partial charge >= 0.3 is 0 Å². The van der Waals surface area contributed by atoms with Gasteiger partial charge in [-0.15, -0.1) is 0 Å². The molecule has 0 radical (unpaired) electrons. The molecule has 1 aromatic carbocycles. The minimum absolute atomic E-state index is 0.0435. The van der Waals surface area contributed by atoms with E-state index >= 15 is 0 Å². The molecule has 0 bridgehead atoms. The van der Waals surface area contributed by atoms with E-state index in [0.29, 0.717) is 6.42 Å². The monoisotopic (exact) mass is 535 g/mol. The van der Waals surface area contributed by atoms with Crippen LogP contribution in [0.15, 0.2) is 41.3 Å². The second kappa shape index (κ2) is 12.6. The number of sulfonamides is 1. The average Bonchev–Trinajstić information content (AvgIpc) is 2.79. The molecule has 0 saturated heterocycles. The van der Waals surface area contributed by atoms with Gasteiger partial charge < -0.3 is 10.2 Å². The fourth-order valence-electron chi connectivity index (χ4n) is 4.70. The Morgan fingerprint density at radius 1 is 1.00 bits per heavy atom. The molecule has 0 unspecified atom stereocenters. The molecule has 8 heteroatoms. The van der Waals surface area contributed by atoms with Crippen molar-refractivity contribution in [3.63, 3.8) is 0 Å². The van der Waals surface area contributed by atoms with Crippen LogP contribution in [0.5, 0.6) is 0 Å². The summed E-state index contributed by atoms with van der Waals surface area (Å²) in [4.78, 5) is 29.3. The van der Waals surface area contributed by atoms with Crippen molar-refractivity contribution in [3.05, 3.63) is 46.9 Å². The molecule has 0 aliphatic rings. The first kappa shape index (κ1) is 32.8. The van der Waals surface area contributed by atoms with E-state index in [1.807, 2.05) is 71.9 Å². The number of nitrogens with zero attached hydrogens (tertiary/aromatic N) is 2. The van der Waals surface area contributed by atoms with E-state index in [1.165, 1.54) is 14.1 Å². The zero-order valence-electron chi connectivity index (χ0n) is 24.9. The van der Waals surface area contributed by atoms with E-state index in [1.54, 1.807) is 24.9 Å². The largest absolute Gasteiger partial charge is 0.344 e. The number of allylic oxidation sites excluding steroid dienone is 1. The van der Waals surface area contributed by atoms with Crippen LogP contribution in [-0.2, 0) is 25.0 Å². The van der Waals surface area contributed by atoms with Crippen LogP contribution < -0.4 is 5.32 Å². The van der Waals surface area contributed by atoms with Crippen LogP contribution in [0.1, 0.15) is 74.3 Å². The van der Waals surface area contributed by atoms with Gasteiger partial charge in [0.15, 0.2) is 0 Å². The Labute approximate surface area is 225 Å². The van der Waals surface area contributed by atoms with Crippen LogP contribution in [0.4, 0.5) is 0 Å². The summed E-state index contributed by atoms with van der Waals surface area (Å²) in [6, 6.07) is 8.69. The highest BCUT2D eigenvalue weighted by Crippen LogP contribution is 2.35. The highest BCUT2D eigenvalue weighted by molar-refractivity contribution is 7.92. The maximum Gasteiger partial charge on any atom is 0.245 e. The first-order valence-corrected chi connectivity index (χ1v) is 14.5. The zero-order valence-corrected chi connectivity index (χ0v) is 25.7. The molecule has 1 rings (SSSR count). The number of amides is 2. The number of carbonyl (C=O) groups excluding carboxylic acids is 2. The Kier molecular flexibility index (Phi) is 11.2. The van der Waals surface area contributed by atoms with Crippen molar-refractivity contribution in [2.75, 3.05) is 21.1 Å². The lowest BCUT2D eigenvalue weighted by Gasteiger charge is -2.40. The molecule has 0 heterocycles. The molecule has 0 aliphatic heterocycles. The number of benzene rings is 1. The summed E-state index contributed by atoms with van der Waals surface area (Å²) in [5, 5.41) is 3.08. The topological polar surface area (TPSA) is 86.8 Å². The minimum atomic E-state index is -3.60. The third-order valence-corrected chi connectivity index (χ3v) is 9.20. The van der Waals surface area contributed by atoms with Crippen LogP contribution in [0.3, 0.4) is 0 Å². The van der Waals surface area contributed by atoms with Crippen LogP contribution in [0, 0.1) is 17.3 Å². The summed E-state index contributed by atoms with van der Waals surface area (Å²) in [7, 11) is 1.04. The van der Waals surface area contributed by atoms with Gasteiger partial charge in [-0.3, -0.25) is 9.59 Å². The lowest BCUT2D eigenvalue weighted by molar-refractivity contribution is -0.141. The normalized spacial score (nSPS) is 15.9. The van der Waals surface area contributed by atoms with Gasteiger partial charge in [-0.2, -0.15) is 0 Å². The van der Waals surface area contributed by atoms with Crippen LogP contribution >= 0.6 is 0 Å². The lowest BCUT2D eigenvalue weighted by atomic mass is 9.71. The predicted octanol–water partition coefficient (Wildman–Crippen LogP) is 4.80. The van der Waals surface area contributed by atoms with Gasteiger partial charge in [-0.25, -0.2) is 12.7 Å². The van der Waals surface area contributed by atoms with Crippen molar-refractivity contribution in [2.24, 2.45) is 17.3 Å². The smallest absolute Gasteiger partial charge is 0.245 e. The van der Waals surface area contributed by atoms with Crippen molar-refractivity contribution < 1.29 is 18.0 Å². The third kappa shape index (κ3) is 7.90. The Morgan fingerprint density at radius 3 is 1.92 bits per heavy atom. The molecule has 0 aromatic heterocycles. The SMILES string of the molecule is CC[C@H](C(=O)N[C@H](C(=O)N(C)[C@@H](/C=C(\C)S(=O)(=O)N(C)C)C(C)C)C(C)(C)C)C(C)(C)c1ccccc1. The van der Waals surface area contributed by atoms with E-state index in [4.69, 9.17) is 0 Å². The first-order valence-electron chi connectivity index (χ1n) is 13.0. The Bertz CT molecular complexity index is 1050. The van der Waals surface area contributed by atoms with Gasteiger partial charge in [-0.05, 0) is 36.3 Å². The first-order chi connectivity index (χ1) is 16.8. The fraction of sp³-hybridized carbons (Fsp3) is 0.655. The standard InChI is InChI=1S/C29H49N3O4S/c1-13-23(29(8,9)22-17-15-14-16-18-22)26(33)30-25(28(5,6)7)27(34)32(12)24(20(2)3)19-21(4)37(35,36)31(10)11/h14-20,23-25H,13H2,1-12H3,(H,30,33)/b21-19+/t23-,24+,25-/m1/s1. The number of hydrogen-bond donors (Lipinski definition) is 1. The van der Waals surface area contributed by atoms with Gasteiger partial charge in [-0.1, -0.05) is 85.7 Å². The third-order valence-electron chi connectivity index (χ3n) is 7.28. The summed E-state index contributed by atoms with van der Waals surface area (Å²) in [5.74, 6) is -0.802. The molecule has 1 aromatic rings. The number of hydrogen-bond acceptors (Lipinski definition) is 4. The Morgan fingerprint density at radius 2 is 1.51 bits per heavy atom. The van der Waals surface area contributed by atoms with Crippen molar-refractivity contribution in [3.8, 4) is 0 Å². The molecule has 0 fully saturated rings. The van der Waals surface area contributed by atoms with Crippen molar-refractivity contribution in [1.82, 2.24) is 14.5 Å². The molecular weight excluding hydrogens is 486 g/mol. The van der Waals surface area contributed by atoms with E-state index in [2.05, 4.69) is 19.2 Å². The van der Waals surface area contributed by atoms with Crippen molar-refractivity contribution in [2.45, 2.75) is 86.2 Å². The second-order valence-electron chi connectivity index (χ2n) is 12.1. The summed E-state index contributed by atoms with van der Waals surface area (Å²) >= 11 is 0. The molecule has 3 atom stereocenters. The van der Waals surface area contributed by atoms with E-state index < -0.39 is 32.9 Å². The number of carbonyl (C=O) groups is 2. The molecule has 210 valence electrons. The number of likely N-dealkylation sites (N-methyl/N-ethyl adjacent to an activating group) is 1. The molecule has 0 saturated carbocycles. The molecule has 0 spiro atoms. The molecule has 0 aliphatic carbocycles. The van der Waals surface area contributed by atoms with Gasteiger partial charge in [0, 0.05) is 32.5 Å². The average molecular weight is 536 g/mol. The zero-order chi connectivity index (χ0) is 28.9. The summed E-state index contributed by atoms with van der Waals surface area (Å²) < 4.78 is 26.4. The van der Waals surface area contributed by atoms with Crippen LogP contribution in [0.25, 0.3) is 0 Å². The van der Waals surface area contributed by atoms with Gasteiger partial charge in [0.25, 0.3) is 0 Å². The van der Waals surface area contributed by atoms with Crippen molar-refractivity contribution >= 4 is 21.8 Å². The molecular formula is C29H49N3O4S. The highest BCUT2D eigenvalue weighted by Gasteiger charge is 2.41. The quantitative estimate of drug-likeness (QED) is 0.441. The van der Waals surface area contributed by atoms with Gasteiger partial charge in [0.2, 0.25) is 21.8 Å². The molecule has 37 heavy (non-hydrogen) atoms. The van der Waals surface area contributed by atoms with E-state index in [0.717, 1.165) is 9.87 Å². The molecule has 2 amide bonds. The molecule has 1 N–H and O–H groups in total. The predicted molar refractivity (Wildman–Crippen MR) is 152 cm³/mol. The maximum absolute atomic E-state index is 13.9. The second-order valence-corrected chi connectivity index (χ2v) is 14.4. The molecule has 7 nitrogen and oxygen atoms in total. The fourth-order valence-corrected chi connectivity index (χ4v) is 5.59. The number of nitrogens with one attached hydrogen (secondary N) is 1. The lowest BCUT2D eigenvalue weighted by Crippen LogP contribution is -2.58. The highest BCUT2D eigenvalue weighted by atomic mass is 32.2. The van der Waals surface area contributed by atoms with Crippen molar-refractivity contribution in [1.29, 1.82) is 0 Å². The maximum atomic E-state index is 13.9. The van der Waals surface area contributed by atoms with Crippen LogP contribution in [-0.4, -0.2) is 62.7 Å². The van der Waals surface area contributed by atoms with Crippen LogP contribution in [0.2, 0.25) is 0 Å². The minimum Gasteiger partial charge on any atom is -0.344 e. The Balaban J connectivity index is 3.36. The van der Waals surface area contributed by atoms with E-state index in [-0.39, 0.29) is 28.6 Å². The number of rotatable bonds is 11. The summed E-state index contributed by atoms with van der Waals surface area (Å²) in [6.45, 7) is 17.3. The summed E-state index contributed by atoms with van der Waals surface area (Å²) in [5.41, 5.74) is 0.0696. The Hall–Kier alpha value is -2.19. The summed E-state index contributed by atoms with van der Waals surface area (Å²) in [6.07, 6.45) is 2.25. The van der Waals surface area contributed by atoms with E-state index in [9.17, 15) is 18.0 Å². The van der Waals surface area contributed by atoms with Gasteiger partial charge in [0.1, 0.15) is 6.04 Å². The van der Waals surface area contributed by atoms with Gasteiger partial charge in [0.05, 0.1) is 10.9 Å².